The SMILES string of the molecule is C[C@@H]1CN(CCCCCCCCOc2ccc(C#CC(C)(C)O)cc2)C[C@H](C)O1. The summed E-state index contributed by atoms with van der Waals surface area (Å²) in [6.45, 7) is 11.8. The lowest BCUT2D eigenvalue weighted by molar-refractivity contribution is -0.0681. The van der Waals surface area contributed by atoms with Crippen LogP contribution in [-0.2, 0) is 4.74 Å². The second-order valence-corrected chi connectivity index (χ2v) is 8.82. The highest BCUT2D eigenvalue weighted by atomic mass is 16.5. The van der Waals surface area contributed by atoms with Crippen molar-refractivity contribution in [1.82, 2.24) is 4.90 Å². The number of hydrogen-bond donors (Lipinski definition) is 1. The van der Waals surface area contributed by atoms with E-state index in [2.05, 4.69) is 30.6 Å². The van der Waals surface area contributed by atoms with Crippen LogP contribution in [0.4, 0.5) is 0 Å². The minimum Gasteiger partial charge on any atom is -0.494 e. The van der Waals surface area contributed by atoms with Crippen molar-refractivity contribution in [3.05, 3.63) is 29.8 Å². The summed E-state index contributed by atoms with van der Waals surface area (Å²) in [5, 5.41) is 9.64. The Bertz CT molecular complexity index is 629. The van der Waals surface area contributed by atoms with Gasteiger partial charge in [0.15, 0.2) is 0 Å². The highest BCUT2D eigenvalue weighted by Gasteiger charge is 2.21. The third-order valence-corrected chi connectivity index (χ3v) is 5.00. The molecule has 1 aliphatic heterocycles. The fraction of sp³-hybridized carbons (Fsp3) is 0.680. The van der Waals surface area contributed by atoms with Crippen molar-refractivity contribution in [1.29, 1.82) is 0 Å². The van der Waals surface area contributed by atoms with Crippen molar-refractivity contribution in [3.8, 4) is 17.6 Å². The highest BCUT2D eigenvalue weighted by Crippen LogP contribution is 2.14. The summed E-state index contributed by atoms with van der Waals surface area (Å²) < 4.78 is 11.6. The van der Waals surface area contributed by atoms with E-state index >= 15 is 0 Å². The molecule has 0 radical (unpaired) electrons. The van der Waals surface area contributed by atoms with E-state index in [4.69, 9.17) is 9.47 Å². The van der Waals surface area contributed by atoms with Gasteiger partial charge in [0.1, 0.15) is 11.4 Å². The van der Waals surface area contributed by atoms with Crippen LogP contribution in [0.1, 0.15) is 71.8 Å². The first-order chi connectivity index (χ1) is 13.8. The first-order valence-electron chi connectivity index (χ1n) is 11.2. The molecule has 2 rings (SSSR count). The fourth-order valence-electron chi connectivity index (χ4n) is 3.66. The first kappa shape index (κ1) is 23.7. The summed E-state index contributed by atoms with van der Waals surface area (Å²) in [6.07, 6.45) is 8.26. The molecule has 1 aliphatic rings. The van der Waals surface area contributed by atoms with E-state index in [1.54, 1.807) is 13.8 Å². The Hall–Kier alpha value is -1.54. The van der Waals surface area contributed by atoms with E-state index in [0.29, 0.717) is 12.2 Å². The zero-order valence-corrected chi connectivity index (χ0v) is 18.7. The number of nitrogens with zero attached hydrogens (tertiary/aromatic N) is 1. The Balaban J connectivity index is 1.48. The lowest BCUT2D eigenvalue weighted by atomic mass is 10.1. The lowest BCUT2D eigenvalue weighted by Crippen LogP contribution is -2.45. The zero-order chi connectivity index (χ0) is 21.1. The zero-order valence-electron chi connectivity index (χ0n) is 18.7. The number of unbranched alkanes of at least 4 members (excludes halogenated alkanes) is 5. The molecule has 162 valence electrons. The van der Waals surface area contributed by atoms with Crippen molar-refractivity contribution in [2.45, 2.75) is 84.0 Å². The molecule has 0 bridgehead atoms. The van der Waals surface area contributed by atoms with Crippen molar-refractivity contribution < 1.29 is 14.6 Å². The van der Waals surface area contributed by atoms with Gasteiger partial charge in [-0.15, -0.1) is 0 Å². The van der Waals surface area contributed by atoms with E-state index in [1.165, 1.54) is 38.6 Å². The molecule has 1 fully saturated rings. The Kier molecular flexibility index (Phi) is 10.0. The van der Waals surface area contributed by atoms with Crippen molar-refractivity contribution in [2.24, 2.45) is 0 Å². The number of benzene rings is 1. The number of aliphatic hydroxyl groups is 1. The fourth-order valence-corrected chi connectivity index (χ4v) is 3.66. The van der Waals surface area contributed by atoms with Gasteiger partial charge in [0, 0.05) is 18.7 Å². The van der Waals surface area contributed by atoms with Crippen LogP contribution >= 0.6 is 0 Å². The topological polar surface area (TPSA) is 41.9 Å². The van der Waals surface area contributed by atoms with Gasteiger partial charge in [0.05, 0.1) is 18.8 Å². The Morgan fingerprint density at radius 2 is 1.59 bits per heavy atom. The largest absolute Gasteiger partial charge is 0.494 e. The molecule has 1 aromatic rings. The summed E-state index contributed by atoms with van der Waals surface area (Å²) in [6, 6.07) is 7.76. The van der Waals surface area contributed by atoms with E-state index in [9.17, 15) is 5.11 Å². The molecule has 0 spiro atoms. The van der Waals surface area contributed by atoms with Crippen molar-refractivity contribution in [3.63, 3.8) is 0 Å². The summed E-state index contributed by atoms with van der Waals surface area (Å²) >= 11 is 0. The van der Waals surface area contributed by atoms with E-state index in [-0.39, 0.29) is 0 Å². The normalized spacial score (nSPS) is 20.2. The molecule has 1 N–H and O–H groups in total. The average Bonchev–Trinajstić information content (AvgIpc) is 2.64. The monoisotopic (exact) mass is 401 g/mol. The van der Waals surface area contributed by atoms with Crippen molar-refractivity contribution in [2.75, 3.05) is 26.2 Å². The molecule has 0 saturated carbocycles. The van der Waals surface area contributed by atoms with Crippen LogP contribution in [0.15, 0.2) is 24.3 Å². The molecule has 1 heterocycles. The van der Waals surface area contributed by atoms with E-state index in [0.717, 1.165) is 37.4 Å². The number of morpholine rings is 1. The molecule has 0 amide bonds. The molecule has 1 saturated heterocycles. The maximum absolute atomic E-state index is 9.64. The first-order valence-corrected chi connectivity index (χ1v) is 11.2. The third kappa shape index (κ3) is 10.7. The number of rotatable bonds is 10. The van der Waals surface area contributed by atoms with Crippen LogP contribution in [0, 0.1) is 11.8 Å². The second-order valence-electron chi connectivity index (χ2n) is 8.82. The minimum absolute atomic E-state index is 0.371. The predicted octanol–water partition coefficient (Wildman–Crippen LogP) is 4.64. The molecule has 29 heavy (non-hydrogen) atoms. The highest BCUT2D eigenvalue weighted by molar-refractivity contribution is 5.39. The molecule has 4 nitrogen and oxygen atoms in total. The lowest BCUT2D eigenvalue weighted by Gasteiger charge is -2.35. The Morgan fingerprint density at radius 3 is 2.21 bits per heavy atom. The number of ether oxygens (including phenoxy) is 2. The van der Waals surface area contributed by atoms with Gasteiger partial charge in [-0.25, -0.2) is 0 Å². The molecule has 2 atom stereocenters. The van der Waals surface area contributed by atoms with Gasteiger partial charge in [-0.2, -0.15) is 0 Å². The van der Waals surface area contributed by atoms with Crippen LogP contribution in [0.25, 0.3) is 0 Å². The number of hydrogen-bond acceptors (Lipinski definition) is 4. The summed E-state index contributed by atoms with van der Waals surface area (Å²) in [5.74, 6) is 6.67. The molecule has 0 aliphatic carbocycles. The van der Waals surface area contributed by atoms with Gasteiger partial charge in [0.2, 0.25) is 0 Å². The van der Waals surface area contributed by atoms with Crippen LogP contribution in [0.5, 0.6) is 5.75 Å². The maximum atomic E-state index is 9.64. The predicted molar refractivity (Wildman–Crippen MR) is 119 cm³/mol. The molecule has 0 unspecified atom stereocenters. The summed E-state index contributed by atoms with van der Waals surface area (Å²) in [4.78, 5) is 2.55. The molecular weight excluding hydrogens is 362 g/mol. The molecule has 1 aromatic carbocycles. The maximum Gasteiger partial charge on any atom is 0.120 e. The molecule has 0 aromatic heterocycles. The van der Waals surface area contributed by atoms with Crippen LogP contribution < -0.4 is 4.74 Å². The van der Waals surface area contributed by atoms with Crippen molar-refractivity contribution >= 4 is 0 Å². The second kappa shape index (κ2) is 12.2. The minimum atomic E-state index is -0.963. The van der Waals surface area contributed by atoms with Crippen LogP contribution in [0.2, 0.25) is 0 Å². The van der Waals surface area contributed by atoms with Crippen LogP contribution in [-0.4, -0.2) is 54.1 Å². The third-order valence-electron chi connectivity index (χ3n) is 5.00. The molecule has 4 heteroatoms. The summed E-state index contributed by atoms with van der Waals surface area (Å²) in [5.41, 5.74) is -0.0741. The quantitative estimate of drug-likeness (QED) is 0.458. The van der Waals surface area contributed by atoms with Gasteiger partial charge < -0.3 is 14.6 Å². The van der Waals surface area contributed by atoms with Gasteiger partial charge in [-0.3, -0.25) is 4.90 Å². The van der Waals surface area contributed by atoms with Gasteiger partial charge in [-0.05, 0) is 71.3 Å². The summed E-state index contributed by atoms with van der Waals surface area (Å²) in [7, 11) is 0. The van der Waals surface area contributed by atoms with Gasteiger partial charge in [-0.1, -0.05) is 37.5 Å². The average molecular weight is 402 g/mol. The Labute approximate surface area is 177 Å². The van der Waals surface area contributed by atoms with Gasteiger partial charge in [0.25, 0.3) is 0 Å². The van der Waals surface area contributed by atoms with E-state index < -0.39 is 5.60 Å². The van der Waals surface area contributed by atoms with E-state index in [1.807, 2.05) is 24.3 Å². The Morgan fingerprint density at radius 1 is 1.00 bits per heavy atom. The van der Waals surface area contributed by atoms with Crippen LogP contribution in [0.3, 0.4) is 0 Å². The smallest absolute Gasteiger partial charge is 0.120 e. The molecular formula is C25H39NO3. The standard InChI is InChI=1S/C25H39NO3/c1-21-19-26(20-22(2)29-21)17-9-7-5-6-8-10-18-28-24-13-11-23(12-14-24)15-16-25(3,4)27/h11-14,21-22,27H,5-10,17-20H2,1-4H3/t21-,22+. The van der Waals surface area contributed by atoms with Gasteiger partial charge >= 0.3 is 0 Å².